The lowest BCUT2D eigenvalue weighted by atomic mass is 9.95. The quantitative estimate of drug-likeness (QED) is 0.113. The molecule has 70 heavy (non-hydrogen) atoms. The Balaban J connectivity index is 1.07. The van der Waals surface area contributed by atoms with Crippen molar-refractivity contribution in [3.8, 4) is 11.3 Å². The lowest BCUT2D eigenvalue weighted by Crippen LogP contribution is -2.66. The van der Waals surface area contributed by atoms with Gasteiger partial charge in [-0.25, -0.2) is 19.2 Å². The molecule has 1 atom stereocenters. The molecule has 0 aliphatic carbocycles. The van der Waals surface area contributed by atoms with Crippen LogP contribution in [-0.4, -0.2) is 76.5 Å². The number of hydrogen-bond acceptors (Lipinski definition) is 10. The maximum atomic E-state index is 17.2. The molecule has 1 aliphatic rings. The molecule has 3 aromatic heterocycles. The monoisotopic (exact) mass is 958 g/mol. The predicted molar refractivity (Wildman–Crippen MR) is 273 cm³/mol. The largest absolute Gasteiger partial charge is 0.445 e. The number of halogens is 1. The number of carbonyl (C=O) groups excluding carboxylic acids is 2. The van der Waals surface area contributed by atoms with Gasteiger partial charge in [-0.2, -0.15) is 4.98 Å². The smallest absolute Gasteiger partial charge is 0.410 e. The Labute approximate surface area is 408 Å². The Kier molecular flexibility index (Phi) is 13.2. The molecule has 5 aromatic carbocycles. The molecule has 13 nitrogen and oxygen atoms in total. The van der Waals surface area contributed by atoms with Gasteiger partial charge in [-0.15, -0.1) is 0 Å². The Morgan fingerprint density at radius 3 is 2.10 bits per heavy atom. The van der Waals surface area contributed by atoms with Gasteiger partial charge in [-0.1, -0.05) is 138 Å². The van der Waals surface area contributed by atoms with Gasteiger partial charge >= 0.3 is 17.9 Å². The second-order valence-corrected chi connectivity index (χ2v) is 24.4. The first kappa shape index (κ1) is 47.8. The van der Waals surface area contributed by atoms with Gasteiger partial charge in [-0.05, 0) is 75.8 Å². The van der Waals surface area contributed by atoms with Crippen LogP contribution in [0.2, 0.25) is 5.04 Å². The summed E-state index contributed by atoms with van der Waals surface area (Å²) in [7, 11) is -3.10. The average molecular weight is 959 g/mol. The van der Waals surface area contributed by atoms with E-state index in [1.165, 1.54) is 12.4 Å². The van der Waals surface area contributed by atoms with E-state index in [0.717, 1.165) is 38.1 Å². The number of aromatic amines is 1. The van der Waals surface area contributed by atoms with Gasteiger partial charge in [0.15, 0.2) is 5.82 Å². The number of fused-ring (bicyclic) bond motifs is 3. The Hall–Kier alpha value is -7.23. The lowest BCUT2D eigenvalue weighted by molar-refractivity contribution is 0.0894. The van der Waals surface area contributed by atoms with Gasteiger partial charge in [0, 0.05) is 53.7 Å². The predicted octanol–water partition coefficient (Wildman–Crippen LogP) is 9.93. The topological polar surface area (TPSA) is 152 Å². The van der Waals surface area contributed by atoms with Crippen LogP contribution in [0.3, 0.4) is 0 Å². The second kappa shape index (κ2) is 19.3. The Bertz CT molecular complexity index is 3120. The van der Waals surface area contributed by atoms with Crippen LogP contribution < -0.4 is 20.6 Å². The number of benzene rings is 5. The van der Waals surface area contributed by atoms with Crippen molar-refractivity contribution in [3.05, 3.63) is 161 Å². The van der Waals surface area contributed by atoms with E-state index >= 15 is 4.39 Å². The van der Waals surface area contributed by atoms with Crippen molar-refractivity contribution in [1.82, 2.24) is 35.3 Å². The third-order valence-electron chi connectivity index (χ3n) is 13.2. The summed E-state index contributed by atoms with van der Waals surface area (Å²) in [5.41, 5.74) is 5.80. The molecule has 0 saturated carbocycles. The highest BCUT2D eigenvalue weighted by molar-refractivity contribution is 6.99. The summed E-state index contributed by atoms with van der Waals surface area (Å²) in [6.45, 7) is 18.9. The fraction of sp³-hybridized carbons (Fsp3) is 0.309. The van der Waals surface area contributed by atoms with Gasteiger partial charge in [0.1, 0.15) is 24.4 Å². The molecule has 15 heteroatoms. The van der Waals surface area contributed by atoms with E-state index in [0.29, 0.717) is 59.9 Å². The summed E-state index contributed by atoms with van der Waals surface area (Å²) in [6.07, 6.45) is 1.12. The standard InChI is InChI=1S/C55H59FN8O5Si/c1-35-28-43-45(31-46(35)63-24-26-64(27-25-63)53(66)67-32-37-18-12-9-13-19-37)60-49-47(43)48(57-34-58-49)42-29-38(41(30-44(42)56)36(2)59-50(65)51-61-52(62-69-51)54(3,4)5)33-68-70(55(6,7)8,39-20-14-10-15-21-39)40-22-16-11-17-23-40/h9-23,28-31,34,36H,24-27,32-33H2,1-8H3,(H,59,65)(H,57,58,60)/t36-/m1/s1. The van der Waals surface area contributed by atoms with Crippen molar-refractivity contribution >= 4 is 58.3 Å². The molecule has 360 valence electrons. The third-order valence-corrected chi connectivity index (χ3v) is 18.2. The highest BCUT2D eigenvalue weighted by Gasteiger charge is 2.50. The molecule has 0 unspecified atom stereocenters. The van der Waals surface area contributed by atoms with Gasteiger partial charge in [-0.3, -0.25) is 4.79 Å². The SMILES string of the molecule is Cc1cc2c(cc1N1CCN(C(=O)OCc3ccccc3)CC1)[nH]c1ncnc(-c3cc(CO[Si](c4ccccc4)(c4ccccc4)C(C)(C)C)c([C@@H](C)NC(=O)c4nc(C(C)(C)C)no4)cc3F)c12. The van der Waals surface area contributed by atoms with Crippen LogP contribution in [0.5, 0.6) is 0 Å². The van der Waals surface area contributed by atoms with Crippen molar-refractivity contribution in [2.45, 2.75) is 85.1 Å². The molecule has 1 fully saturated rings. The van der Waals surface area contributed by atoms with Crippen molar-refractivity contribution in [3.63, 3.8) is 0 Å². The van der Waals surface area contributed by atoms with Crippen LogP contribution >= 0.6 is 0 Å². The maximum absolute atomic E-state index is 17.2. The highest BCUT2D eigenvalue weighted by atomic mass is 28.4. The Morgan fingerprint density at radius 2 is 1.49 bits per heavy atom. The van der Waals surface area contributed by atoms with E-state index < -0.39 is 31.5 Å². The highest BCUT2D eigenvalue weighted by Crippen LogP contribution is 2.41. The minimum atomic E-state index is -3.10. The number of anilines is 1. The molecule has 1 aliphatic heterocycles. The van der Waals surface area contributed by atoms with E-state index in [1.807, 2.05) is 93.6 Å². The molecule has 4 heterocycles. The second-order valence-electron chi connectivity index (χ2n) is 20.1. The minimum absolute atomic E-state index is 0.0907. The van der Waals surface area contributed by atoms with Crippen LogP contribution in [0.4, 0.5) is 14.9 Å². The first-order valence-electron chi connectivity index (χ1n) is 23.7. The van der Waals surface area contributed by atoms with Gasteiger partial charge in [0.05, 0.1) is 23.7 Å². The normalized spacial score (nSPS) is 14.0. The number of aromatic nitrogens is 5. The van der Waals surface area contributed by atoms with Crippen molar-refractivity contribution in [1.29, 1.82) is 0 Å². The van der Waals surface area contributed by atoms with Crippen LogP contribution in [-0.2, 0) is 27.8 Å². The molecule has 0 bridgehead atoms. The zero-order chi connectivity index (χ0) is 49.4. The van der Waals surface area contributed by atoms with E-state index in [2.05, 4.69) is 94.4 Å². The van der Waals surface area contributed by atoms with Gasteiger partial charge in [0.2, 0.25) is 0 Å². The molecule has 0 radical (unpaired) electrons. The maximum Gasteiger partial charge on any atom is 0.410 e. The number of nitrogens with one attached hydrogen (secondary N) is 2. The summed E-state index contributed by atoms with van der Waals surface area (Å²) in [4.78, 5) is 48.0. The van der Waals surface area contributed by atoms with Crippen LogP contribution in [0.25, 0.3) is 33.2 Å². The van der Waals surface area contributed by atoms with Crippen LogP contribution in [0.15, 0.2) is 126 Å². The van der Waals surface area contributed by atoms with Crippen LogP contribution in [0, 0.1) is 12.7 Å². The number of nitrogens with zero attached hydrogens (tertiary/aromatic N) is 6. The molecular formula is C55H59FN8O5Si. The first-order chi connectivity index (χ1) is 33.5. The lowest BCUT2D eigenvalue weighted by Gasteiger charge is -2.43. The minimum Gasteiger partial charge on any atom is -0.445 e. The number of hydrogen-bond donors (Lipinski definition) is 2. The van der Waals surface area contributed by atoms with E-state index in [9.17, 15) is 9.59 Å². The fourth-order valence-corrected chi connectivity index (χ4v) is 14.1. The summed E-state index contributed by atoms with van der Waals surface area (Å²) < 4.78 is 35.7. The first-order valence-corrected chi connectivity index (χ1v) is 25.6. The average Bonchev–Trinajstić information content (AvgIpc) is 4.01. The number of ether oxygens (including phenoxy) is 1. The molecule has 9 rings (SSSR count). The number of piperazine rings is 1. The van der Waals surface area contributed by atoms with E-state index in [4.69, 9.17) is 18.7 Å². The van der Waals surface area contributed by atoms with E-state index in [-0.39, 0.29) is 35.8 Å². The van der Waals surface area contributed by atoms with Crippen molar-refractivity contribution < 1.29 is 27.7 Å². The molecule has 2 amide bonds. The Morgan fingerprint density at radius 1 is 0.843 bits per heavy atom. The number of carbonyl (C=O) groups is 2. The molecular weight excluding hydrogens is 900 g/mol. The number of amides is 2. The van der Waals surface area contributed by atoms with Crippen LogP contribution in [0.1, 0.15) is 93.3 Å². The van der Waals surface area contributed by atoms with Gasteiger partial charge < -0.3 is 33.8 Å². The summed E-state index contributed by atoms with van der Waals surface area (Å²) >= 11 is 0. The number of aryl methyl sites for hydroxylation is 1. The molecule has 2 N–H and O–H groups in total. The van der Waals surface area contributed by atoms with Gasteiger partial charge in [0.25, 0.3) is 8.32 Å². The molecule has 8 aromatic rings. The molecule has 1 saturated heterocycles. The fourth-order valence-electron chi connectivity index (χ4n) is 9.60. The zero-order valence-electron chi connectivity index (χ0n) is 41.0. The summed E-state index contributed by atoms with van der Waals surface area (Å²) in [6, 6.07) is 37.1. The van der Waals surface area contributed by atoms with E-state index in [1.54, 1.807) is 11.8 Å². The number of H-pyrrole nitrogens is 1. The number of rotatable bonds is 12. The molecule has 0 spiro atoms. The zero-order valence-corrected chi connectivity index (χ0v) is 42.0. The summed E-state index contributed by atoms with van der Waals surface area (Å²) in [5.74, 6) is -0.882. The summed E-state index contributed by atoms with van der Waals surface area (Å²) in [5, 5.41) is 10.4. The third kappa shape index (κ3) is 9.42. The van der Waals surface area contributed by atoms with Crippen molar-refractivity contribution in [2.75, 3.05) is 31.1 Å². The van der Waals surface area contributed by atoms with Crippen molar-refractivity contribution in [2.24, 2.45) is 0 Å².